The number of rotatable bonds is 3. The Balaban J connectivity index is 1.89. The lowest BCUT2D eigenvalue weighted by Crippen LogP contribution is -2.41. The Bertz CT molecular complexity index is 756. The molecule has 2 aromatic rings. The summed E-state index contributed by atoms with van der Waals surface area (Å²) in [6.45, 7) is 4.03. The molecular weight excluding hydrogens is 326 g/mol. The van der Waals surface area contributed by atoms with E-state index >= 15 is 0 Å². The van der Waals surface area contributed by atoms with E-state index in [1.807, 2.05) is 32.0 Å². The molecule has 0 aromatic heterocycles. The van der Waals surface area contributed by atoms with Gasteiger partial charge in [-0.15, -0.1) is 0 Å². The second-order valence-corrected chi connectivity index (χ2v) is 6.94. The van der Waals surface area contributed by atoms with Crippen molar-refractivity contribution in [1.82, 2.24) is 5.32 Å². The van der Waals surface area contributed by atoms with Gasteiger partial charge >= 0.3 is 0 Å². The molecule has 3 rings (SSSR count). The summed E-state index contributed by atoms with van der Waals surface area (Å²) in [5.74, 6) is 1.37. The first-order valence-electron chi connectivity index (χ1n) is 7.81. The van der Waals surface area contributed by atoms with E-state index < -0.39 is 0 Å². The molecule has 2 aromatic carbocycles. The highest BCUT2D eigenvalue weighted by atomic mass is 35.5. The third kappa shape index (κ3) is 3.49. The maximum atomic E-state index is 12.6. The fraction of sp³-hybridized carbons (Fsp3) is 0.316. The molecular formula is C19H20ClNO3. The van der Waals surface area contributed by atoms with Crippen LogP contribution in [0.2, 0.25) is 5.02 Å². The average Bonchev–Trinajstić information content (AvgIpc) is 2.54. The monoisotopic (exact) mass is 345 g/mol. The Kier molecular flexibility index (Phi) is 4.41. The largest absolute Gasteiger partial charge is 0.497 e. The summed E-state index contributed by atoms with van der Waals surface area (Å²) in [6, 6.07) is 12.4. The Hall–Kier alpha value is -2.20. The van der Waals surface area contributed by atoms with Gasteiger partial charge in [-0.3, -0.25) is 4.79 Å². The molecule has 0 radical (unpaired) electrons. The molecule has 1 N–H and O–H groups in total. The number of methoxy groups -OCH3 is 1. The molecule has 1 aliphatic rings. The lowest BCUT2D eigenvalue weighted by Gasteiger charge is -2.38. The number of hydrogen-bond donors (Lipinski definition) is 1. The van der Waals surface area contributed by atoms with Crippen LogP contribution >= 0.6 is 11.6 Å². The third-order valence-corrected chi connectivity index (χ3v) is 4.34. The first kappa shape index (κ1) is 16.7. The summed E-state index contributed by atoms with van der Waals surface area (Å²) < 4.78 is 11.3. The van der Waals surface area contributed by atoms with Gasteiger partial charge in [-0.1, -0.05) is 11.6 Å². The van der Waals surface area contributed by atoms with Crippen molar-refractivity contribution < 1.29 is 14.3 Å². The van der Waals surface area contributed by atoms with E-state index in [1.165, 1.54) is 0 Å². The van der Waals surface area contributed by atoms with Gasteiger partial charge in [0.1, 0.15) is 17.1 Å². The Morgan fingerprint density at radius 1 is 1.25 bits per heavy atom. The van der Waals surface area contributed by atoms with E-state index in [1.54, 1.807) is 31.4 Å². The number of carbonyl (C=O) groups is 1. The van der Waals surface area contributed by atoms with Crippen LogP contribution < -0.4 is 14.8 Å². The lowest BCUT2D eigenvalue weighted by molar-refractivity contribution is 0.0618. The van der Waals surface area contributed by atoms with Crippen molar-refractivity contribution in [2.75, 3.05) is 7.11 Å². The van der Waals surface area contributed by atoms with Crippen molar-refractivity contribution in [2.45, 2.75) is 31.9 Å². The summed E-state index contributed by atoms with van der Waals surface area (Å²) in [5.41, 5.74) is 1.14. The van der Waals surface area contributed by atoms with Crippen molar-refractivity contribution in [1.29, 1.82) is 0 Å². The zero-order chi connectivity index (χ0) is 17.3. The van der Waals surface area contributed by atoms with Gasteiger partial charge in [0.15, 0.2) is 0 Å². The quantitative estimate of drug-likeness (QED) is 0.898. The maximum absolute atomic E-state index is 12.6. The van der Waals surface area contributed by atoms with Crippen molar-refractivity contribution in [3.05, 3.63) is 58.6 Å². The number of halogens is 1. The third-order valence-electron chi connectivity index (χ3n) is 4.09. The molecule has 1 atom stereocenters. The Morgan fingerprint density at radius 3 is 2.62 bits per heavy atom. The predicted octanol–water partition coefficient (Wildman–Crippen LogP) is 4.38. The van der Waals surface area contributed by atoms with Gasteiger partial charge in [-0.05, 0) is 56.3 Å². The molecule has 1 heterocycles. The van der Waals surface area contributed by atoms with Gasteiger partial charge in [0.05, 0.1) is 13.2 Å². The van der Waals surface area contributed by atoms with E-state index in [4.69, 9.17) is 21.1 Å². The van der Waals surface area contributed by atoms with Crippen molar-refractivity contribution in [3.63, 3.8) is 0 Å². The number of benzene rings is 2. The second kappa shape index (κ2) is 6.36. The van der Waals surface area contributed by atoms with E-state index in [0.717, 1.165) is 17.1 Å². The minimum absolute atomic E-state index is 0.136. The lowest BCUT2D eigenvalue weighted by atomic mass is 9.89. The van der Waals surface area contributed by atoms with Crippen LogP contribution in [0.1, 0.15) is 42.2 Å². The van der Waals surface area contributed by atoms with Gasteiger partial charge < -0.3 is 14.8 Å². The summed E-state index contributed by atoms with van der Waals surface area (Å²) in [5, 5.41) is 3.71. The topological polar surface area (TPSA) is 47.6 Å². The SMILES string of the molecule is COc1ccc2c(c1)[C@H](NC(=O)c1ccc(Cl)cc1)CC(C)(C)O2. The van der Waals surface area contributed by atoms with Gasteiger partial charge in [0.25, 0.3) is 5.91 Å². The molecule has 4 nitrogen and oxygen atoms in total. The van der Waals surface area contributed by atoms with E-state index in [-0.39, 0.29) is 17.6 Å². The average molecular weight is 346 g/mol. The molecule has 24 heavy (non-hydrogen) atoms. The second-order valence-electron chi connectivity index (χ2n) is 6.50. The first-order valence-corrected chi connectivity index (χ1v) is 8.19. The van der Waals surface area contributed by atoms with Gasteiger partial charge in [-0.25, -0.2) is 0 Å². The number of amides is 1. The molecule has 0 aliphatic carbocycles. The first-order chi connectivity index (χ1) is 11.4. The summed E-state index contributed by atoms with van der Waals surface area (Å²) in [6.07, 6.45) is 0.673. The fourth-order valence-corrected chi connectivity index (χ4v) is 3.06. The molecule has 0 saturated heterocycles. The molecule has 0 unspecified atom stereocenters. The van der Waals surface area contributed by atoms with Crippen LogP contribution in [0.25, 0.3) is 0 Å². The van der Waals surface area contributed by atoms with Crippen molar-refractivity contribution in [3.8, 4) is 11.5 Å². The summed E-state index contributed by atoms with van der Waals surface area (Å²) in [7, 11) is 1.62. The zero-order valence-electron chi connectivity index (χ0n) is 13.9. The summed E-state index contributed by atoms with van der Waals surface area (Å²) >= 11 is 5.88. The number of nitrogens with one attached hydrogen (secondary N) is 1. The van der Waals surface area contributed by atoms with E-state index in [9.17, 15) is 4.79 Å². The summed E-state index contributed by atoms with van der Waals surface area (Å²) in [4.78, 5) is 12.6. The van der Waals surface area contributed by atoms with Crippen LogP contribution in [-0.4, -0.2) is 18.6 Å². The van der Waals surface area contributed by atoms with Crippen LogP contribution in [0.3, 0.4) is 0 Å². The highest BCUT2D eigenvalue weighted by molar-refractivity contribution is 6.30. The highest BCUT2D eigenvalue weighted by Crippen LogP contribution is 2.41. The van der Waals surface area contributed by atoms with Crippen LogP contribution in [0.5, 0.6) is 11.5 Å². The number of carbonyl (C=O) groups excluding carboxylic acids is 1. The molecule has 1 aliphatic heterocycles. The fourth-order valence-electron chi connectivity index (χ4n) is 2.93. The number of fused-ring (bicyclic) bond motifs is 1. The molecule has 0 spiro atoms. The zero-order valence-corrected chi connectivity index (χ0v) is 14.7. The molecule has 126 valence electrons. The van der Waals surface area contributed by atoms with Gasteiger partial charge in [-0.2, -0.15) is 0 Å². The van der Waals surface area contributed by atoms with Crippen LogP contribution in [0.15, 0.2) is 42.5 Å². The molecule has 0 fully saturated rings. The molecule has 5 heteroatoms. The number of hydrogen-bond acceptors (Lipinski definition) is 3. The van der Waals surface area contributed by atoms with Crippen LogP contribution in [0.4, 0.5) is 0 Å². The molecule has 0 saturated carbocycles. The van der Waals surface area contributed by atoms with Crippen LogP contribution in [-0.2, 0) is 0 Å². The number of ether oxygens (including phenoxy) is 2. The molecule has 0 bridgehead atoms. The Morgan fingerprint density at radius 2 is 1.96 bits per heavy atom. The smallest absolute Gasteiger partial charge is 0.251 e. The van der Waals surface area contributed by atoms with E-state index in [0.29, 0.717) is 17.0 Å². The maximum Gasteiger partial charge on any atom is 0.251 e. The highest BCUT2D eigenvalue weighted by Gasteiger charge is 2.35. The van der Waals surface area contributed by atoms with Crippen LogP contribution in [0, 0.1) is 0 Å². The normalized spacial score (nSPS) is 18.2. The minimum atomic E-state index is -0.362. The van der Waals surface area contributed by atoms with Gasteiger partial charge in [0, 0.05) is 22.6 Å². The van der Waals surface area contributed by atoms with E-state index in [2.05, 4.69) is 5.32 Å². The van der Waals surface area contributed by atoms with Crippen molar-refractivity contribution >= 4 is 17.5 Å². The predicted molar refractivity (Wildman–Crippen MR) is 94.0 cm³/mol. The standard InChI is InChI=1S/C19H20ClNO3/c1-19(2)11-16(15-10-14(23-3)8-9-17(15)24-19)21-18(22)12-4-6-13(20)7-5-12/h4-10,16H,11H2,1-3H3,(H,21,22)/t16-/m1/s1. The van der Waals surface area contributed by atoms with Crippen molar-refractivity contribution in [2.24, 2.45) is 0 Å². The minimum Gasteiger partial charge on any atom is -0.497 e. The Labute approximate surface area is 146 Å². The molecule has 1 amide bonds. The van der Waals surface area contributed by atoms with Gasteiger partial charge in [0.2, 0.25) is 0 Å².